The minimum Gasteiger partial charge on any atom is -0.338 e. The third-order valence-electron chi connectivity index (χ3n) is 5.56. The van der Waals surface area contributed by atoms with Crippen LogP contribution < -0.4 is 5.32 Å². The number of nitrogens with one attached hydrogen (secondary N) is 1. The van der Waals surface area contributed by atoms with Crippen molar-refractivity contribution in [3.63, 3.8) is 0 Å². The number of carbonyl (C=O) groups excluding carboxylic acids is 3. The summed E-state index contributed by atoms with van der Waals surface area (Å²) in [5.74, 6) is -0.974. The molecule has 2 rings (SSSR count). The summed E-state index contributed by atoms with van der Waals surface area (Å²) in [5, 5.41) is 2.86. The zero-order valence-electron chi connectivity index (χ0n) is 17.6. The SMILES string of the molecule is Cc1cc(C)c(C2C(=O)CC(CCNC(=O)N(C)C(C)(C)C)C2=O)c(C)c1. The second-order valence-electron chi connectivity index (χ2n) is 8.77. The number of amides is 2. The largest absolute Gasteiger partial charge is 0.338 e. The van der Waals surface area contributed by atoms with E-state index in [1.807, 2.05) is 53.7 Å². The quantitative estimate of drug-likeness (QED) is 0.820. The van der Waals surface area contributed by atoms with Crippen molar-refractivity contribution in [1.29, 1.82) is 0 Å². The van der Waals surface area contributed by atoms with Gasteiger partial charge in [-0.2, -0.15) is 0 Å². The van der Waals surface area contributed by atoms with Gasteiger partial charge in [-0.25, -0.2) is 4.79 Å². The molecule has 2 atom stereocenters. The molecule has 1 aliphatic rings. The van der Waals surface area contributed by atoms with Gasteiger partial charge >= 0.3 is 6.03 Å². The number of carbonyl (C=O) groups is 3. The molecule has 0 saturated heterocycles. The Hall–Kier alpha value is -2.17. The first kappa shape index (κ1) is 21.1. The number of hydrogen-bond acceptors (Lipinski definition) is 3. The number of nitrogens with zero attached hydrogens (tertiary/aromatic N) is 1. The highest BCUT2D eigenvalue weighted by Crippen LogP contribution is 2.37. The van der Waals surface area contributed by atoms with Gasteiger partial charge in [-0.1, -0.05) is 17.7 Å². The third kappa shape index (κ3) is 4.57. The molecule has 5 heteroatoms. The van der Waals surface area contributed by atoms with Crippen molar-refractivity contribution in [1.82, 2.24) is 10.2 Å². The number of hydrogen-bond donors (Lipinski definition) is 1. The lowest BCUT2D eigenvalue weighted by atomic mass is 9.86. The van der Waals surface area contributed by atoms with Crippen LogP contribution in [-0.4, -0.2) is 41.6 Å². The van der Waals surface area contributed by atoms with Crippen LogP contribution in [0.5, 0.6) is 0 Å². The van der Waals surface area contributed by atoms with Gasteiger partial charge < -0.3 is 10.2 Å². The van der Waals surface area contributed by atoms with Crippen molar-refractivity contribution in [2.75, 3.05) is 13.6 Å². The number of ketones is 2. The van der Waals surface area contributed by atoms with Crippen molar-refractivity contribution in [2.24, 2.45) is 5.92 Å². The number of Topliss-reactive ketones (excluding diaryl/α,β-unsaturated/α-hetero) is 2. The van der Waals surface area contributed by atoms with Gasteiger partial charge in [-0.05, 0) is 64.7 Å². The van der Waals surface area contributed by atoms with Gasteiger partial charge in [-0.15, -0.1) is 0 Å². The molecule has 1 aromatic rings. The molecule has 5 nitrogen and oxygen atoms in total. The van der Waals surface area contributed by atoms with Gasteiger partial charge in [0.2, 0.25) is 0 Å². The summed E-state index contributed by atoms with van der Waals surface area (Å²) >= 11 is 0. The van der Waals surface area contributed by atoms with Gasteiger partial charge in [0, 0.05) is 31.5 Å². The van der Waals surface area contributed by atoms with E-state index in [-0.39, 0.29) is 35.5 Å². The molecule has 0 heterocycles. The average Bonchev–Trinajstić information content (AvgIpc) is 2.80. The van der Waals surface area contributed by atoms with Crippen LogP contribution in [0.3, 0.4) is 0 Å². The molecule has 148 valence electrons. The smallest absolute Gasteiger partial charge is 0.317 e. The van der Waals surface area contributed by atoms with Crippen LogP contribution in [0.2, 0.25) is 0 Å². The van der Waals surface area contributed by atoms with Crippen molar-refractivity contribution < 1.29 is 14.4 Å². The molecule has 0 aromatic heterocycles. The Labute approximate surface area is 162 Å². The molecular formula is C22H32N2O3. The monoisotopic (exact) mass is 372 g/mol. The van der Waals surface area contributed by atoms with E-state index in [1.54, 1.807) is 11.9 Å². The number of rotatable bonds is 4. The highest BCUT2D eigenvalue weighted by molar-refractivity contribution is 6.15. The molecule has 0 bridgehead atoms. The molecule has 2 amide bonds. The Morgan fingerprint density at radius 2 is 1.70 bits per heavy atom. The maximum absolute atomic E-state index is 12.9. The first-order valence-electron chi connectivity index (χ1n) is 9.59. The summed E-state index contributed by atoms with van der Waals surface area (Å²) in [6, 6.07) is 3.89. The van der Waals surface area contributed by atoms with E-state index in [0.717, 1.165) is 22.3 Å². The predicted octanol–water partition coefficient (Wildman–Crippen LogP) is 3.68. The molecule has 1 saturated carbocycles. The van der Waals surface area contributed by atoms with E-state index in [2.05, 4.69) is 5.32 Å². The highest BCUT2D eigenvalue weighted by Gasteiger charge is 2.42. The van der Waals surface area contributed by atoms with E-state index >= 15 is 0 Å². The van der Waals surface area contributed by atoms with Crippen molar-refractivity contribution in [3.05, 3.63) is 34.4 Å². The van der Waals surface area contributed by atoms with E-state index in [9.17, 15) is 14.4 Å². The normalized spacial score (nSPS) is 20.1. The summed E-state index contributed by atoms with van der Waals surface area (Å²) < 4.78 is 0. The van der Waals surface area contributed by atoms with Gasteiger partial charge in [0.25, 0.3) is 0 Å². The lowest BCUT2D eigenvalue weighted by Gasteiger charge is -2.32. The van der Waals surface area contributed by atoms with E-state index in [0.29, 0.717) is 13.0 Å². The lowest BCUT2D eigenvalue weighted by molar-refractivity contribution is -0.124. The average molecular weight is 373 g/mol. The summed E-state index contributed by atoms with van der Waals surface area (Å²) in [5.41, 5.74) is 3.73. The minimum atomic E-state index is -0.649. The Morgan fingerprint density at radius 1 is 1.15 bits per heavy atom. The van der Waals surface area contributed by atoms with E-state index < -0.39 is 5.92 Å². The minimum absolute atomic E-state index is 0.00168. The molecule has 1 aromatic carbocycles. The predicted molar refractivity (Wildman–Crippen MR) is 107 cm³/mol. The third-order valence-corrected chi connectivity index (χ3v) is 5.56. The highest BCUT2D eigenvalue weighted by atomic mass is 16.2. The van der Waals surface area contributed by atoms with Crippen molar-refractivity contribution in [2.45, 2.75) is 65.8 Å². The van der Waals surface area contributed by atoms with Crippen LogP contribution in [0.1, 0.15) is 61.8 Å². The van der Waals surface area contributed by atoms with E-state index in [4.69, 9.17) is 0 Å². The maximum Gasteiger partial charge on any atom is 0.317 e. The standard InChI is InChI=1S/C22H32N2O3/c1-13-10-14(2)18(15(3)11-13)19-17(25)12-16(20(19)26)8-9-23-21(27)24(7)22(4,5)6/h10-11,16,19H,8-9,12H2,1-7H3,(H,23,27). The molecule has 1 N–H and O–H groups in total. The zero-order chi connectivity index (χ0) is 20.5. The molecule has 0 radical (unpaired) electrons. The van der Waals surface area contributed by atoms with Crippen LogP contribution in [-0.2, 0) is 9.59 Å². The first-order valence-corrected chi connectivity index (χ1v) is 9.59. The molecule has 0 aliphatic heterocycles. The Kier molecular flexibility index (Phi) is 6.13. The Bertz CT molecular complexity index is 738. The number of urea groups is 1. The second kappa shape index (κ2) is 7.83. The van der Waals surface area contributed by atoms with Crippen LogP contribution in [0.15, 0.2) is 12.1 Å². The molecule has 1 fully saturated rings. The fourth-order valence-electron chi connectivity index (χ4n) is 3.83. The molecule has 0 spiro atoms. The van der Waals surface area contributed by atoms with Crippen molar-refractivity contribution >= 4 is 17.6 Å². The first-order chi connectivity index (χ1) is 12.4. The van der Waals surface area contributed by atoms with Crippen LogP contribution >= 0.6 is 0 Å². The van der Waals surface area contributed by atoms with Crippen LogP contribution in [0.25, 0.3) is 0 Å². The summed E-state index contributed by atoms with van der Waals surface area (Å²) in [6.45, 7) is 12.2. The molecule has 1 aliphatic carbocycles. The van der Waals surface area contributed by atoms with Crippen LogP contribution in [0, 0.1) is 26.7 Å². The van der Waals surface area contributed by atoms with Gasteiger partial charge in [0.1, 0.15) is 11.7 Å². The lowest BCUT2D eigenvalue weighted by Crippen LogP contribution is -2.48. The second-order valence-corrected chi connectivity index (χ2v) is 8.77. The summed E-state index contributed by atoms with van der Waals surface area (Å²) in [7, 11) is 1.75. The number of benzene rings is 1. The Balaban J connectivity index is 2.04. The van der Waals surface area contributed by atoms with Gasteiger partial charge in [0.05, 0.1) is 0 Å². The Morgan fingerprint density at radius 3 is 2.22 bits per heavy atom. The van der Waals surface area contributed by atoms with E-state index in [1.165, 1.54) is 0 Å². The van der Waals surface area contributed by atoms with Gasteiger partial charge in [0.15, 0.2) is 5.78 Å². The maximum atomic E-state index is 12.9. The van der Waals surface area contributed by atoms with Crippen molar-refractivity contribution in [3.8, 4) is 0 Å². The van der Waals surface area contributed by atoms with Gasteiger partial charge in [-0.3, -0.25) is 9.59 Å². The van der Waals surface area contributed by atoms with Crippen LogP contribution in [0.4, 0.5) is 4.79 Å². The summed E-state index contributed by atoms with van der Waals surface area (Å²) in [4.78, 5) is 39.4. The molecule has 2 unspecified atom stereocenters. The zero-order valence-corrected chi connectivity index (χ0v) is 17.6. The fourth-order valence-corrected chi connectivity index (χ4v) is 3.83. The number of aryl methyl sites for hydroxylation is 3. The topological polar surface area (TPSA) is 66.5 Å². The fraction of sp³-hybridized carbons (Fsp3) is 0.591. The molecule has 27 heavy (non-hydrogen) atoms. The molecular weight excluding hydrogens is 340 g/mol. The summed E-state index contributed by atoms with van der Waals surface area (Å²) in [6.07, 6.45) is 0.760.